The van der Waals surface area contributed by atoms with Crippen LogP contribution in [0.3, 0.4) is 0 Å². The molecule has 0 unspecified atom stereocenters. The number of nitrogens with two attached hydrogens (primary N) is 1. The Kier molecular flexibility index (Phi) is 3.46. The van der Waals surface area contributed by atoms with E-state index in [9.17, 15) is 4.21 Å². The quantitative estimate of drug-likeness (QED) is 0.539. The third-order valence-corrected chi connectivity index (χ3v) is 1.92. The van der Waals surface area contributed by atoms with Crippen LogP contribution in [0.25, 0.3) is 0 Å². The molecule has 0 aromatic heterocycles. The zero-order valence-electron chi connectivity index (χ0n) is 5.80. The molecule has 0 aliphatic carbocycles. The van der Waals surface area contributed by atoms with E-state index in [4.69, 9.17) is 5.73 Å². The van der Waals surface area contributed by atoms with E-state index in [1.54, 1.807) is 0 Å². The molecule has 9 heavy (non-hydrogen) atoms. The SMILES string of the molecule is CC(C)(C)SC(N)=S=O. The van der Waals surface area contributed by atoms with Gasteiger partial charge in [-0.1, -0.05) is 32.5 Å². The summed E-state index contributed by atoms with van der Waals surface area (Å²) in [6.45, 7) is 6.04. The molecular formula is C5H11NOS2. The molecule has 0 bridgehead atoms. The van der Waals surface area contributed by atoms with Gasteiger partial charge in [0.25, 0.3) is 0 Å². The molecule has 0 saturated heterocycles. The van der Waals surface area contributed by atoms with Crippen molar-refractivity contribution in [2.75, 3.05) is 0 Å². The highest BCUT2D eigenvalue weighted by Gasteiger charge is 2.11. The molecule has 2 nitrogen and oxygen atoms in total. The normalized spacial score (nSPS) is 11.1. The first-order valence-electron chi connectivity index (χ1n) is 2.57. The molecule has 4 heteroatoms. The van der Waals surface area contributed by atoms with E-state index in [2.05, 4.69) is 0 Å². The van der Waals surface area contributed by atoms with Gasteiger partial charge in [0.05, 0.1) is 0 Å². The highest BCUT2D eigenvalue weighted by Crippen LogP contribution is 2.21. The average molecular weight is 165 g/mol. The van der Waals surface area contributed by atoms with Crippen molar-refractivity contribution in [3.63, 3.8) is 0 Å². The number of hydrogen-bond donors (Lipinski definition) is 1. The van der Waals surface area contributed by atoms with E-state index in [1.165, 1.54) is 11.8 Å². The number of rotatable bonds is 0. The van der Waals surface area contributed by atoms with Gasteiger partial charge in [-0.2, -0.15) is 0 Å². The van der Waals surface area contributed by atoms with E-state index in [1.807, 2.05) is 20.8 Å². The molecule has 0 aliphatic heterocycles. The predicted octanol–water partition coefficient (Wildman–Crippen LogP) is 0.777. The largest absolute Gasteiger partial charge is 0.286 e. The summed E-state index contributed by atoms with van der Waals surface area (Å²) in [5, 5.41) is 0. The molecule has 0 aromatic carbocycles. The minimum absolute atomic E-state index is 0.0570. The minimum atomic E-state index is 0.0570. The molecule has 0 spiro atoms. The van der Waals surface area contributed by atoms with Gasteiger partial charge in [0.1, 0.15) is 15.6 Å². The topological polar surface area (TPSA) is 43.1 Å². The average Bonchev–Trinajstić information content (AvgIpc) is 1.62. The van der Waals surface area contributed by atoms with Crippen LogP contribution in [0.2, 0.25) is 0 Å². The van der Waals surface area contributed by atoms with Gasteiger partial charge in [-0.25, -0.2) is 4.21 Å². The molecular weight excluding hydrogens is 154 g/mol. The summed E-state index contributed by atoms with van der Waals surface area (Å²) in [5.41, 5.74) is 5.29. The van der Waals surface area contributed by atoms with Crippen molar-refractivity contribution < 1.29 is 4.21 Å². The second-order valence-electron chi connectivity index (χ2n) is 2.62. The standard InChI is InChI=1S/C5H11NOS2/c1-5(2,3)8-4(6)9-7/h6H2,1-3H3. The predicted molar refractivity (Wildman–Crippen MR) is 44.7 cm³/mol. The van der Waals surface area contributed by atoms with E-state index < -0.39 is 0 Å². The second-order valence-corrected chi connectivity index (χ2v) is 5.35. The Bertz CT molecular complexity index is 144. The van der Waals surface area contributed by atoms with Crippen molar-refractivity contribution in [1.82, 2.24) is 0 Å². The fourth-order valence-electron chi connectivity index (χ4n) is 0.319. The van der Waals surface area contributed by atoms with Crippen molar-refractivity contribution in [3.05, 3.63) is 0 Å². The zero-order valence-corrected chi connectivity index (χ0v) is 7.44. The van der Waals surface area contributed by atoms with Gasteiger partial charge in [0.15, 0.2) is 0 Å². The molecule has 2 N–H and O–H groups in total. The van der Waals surface area contributed by atoms with E-state index in [0.717, 1.165) is 0 Å². The first kappa shape index (κ1) is 9.20. The van der Waals surface area contributed by atoms with Crippen molar-refractivity contribution in [1.29, 1.82) is 0 Å². The second kappa shape index (κ2) is 3.39. The summed E-state index contributed by atoms with van der Waals surface area (Å²) in [6, 6.07) is 0. The Hall–Kier alpha value is 0.200. The highest BCUT2D eigenvalue weighted by atomic mass is 32.2. The van der Waals surface area contributed by atoms with Gasteiger partial charge < -0.3 is 0 Å². The number of hydrogen-bond acceptors (Lipinski definition) is 2. The monoisotopic (exact) mass is 165 g/mol. The van der Waals surface area contributed by atoms with Gasteiger partial charge in [-0.3, -0.25) is 5.73 Å². The van der Waals surface area contributed by atoms with Gasteiger partial charge in [-0.05, 0) is 0 Å². The first-order valence-corrected chi connectivity index (χ1v) is 4.13. The summed E-state index contributed by atoms with van der Waals surface area (Å²) >= 11 is 1.76. The van der Waals surface area contributed by atoms with Crippen LogP contribution in [0.4, 0.5) is 0 Å². The Morgan fingerprint density at radius 3 is 2.00 bits per heavy atom. The molecule has 0 aromatic rings. The lowest BCUT2D eigenvalue weighted by Crippen LogP contribution is -2.17. The van der Waals surface area contributed by atoms with Crippen molar-refractivity contribution in [3.8, 4) is 0 Å². The smallest absolute Gasteiger partial charge is 0.141 e. The first-order chi connectivity index (χ1) is 3.95. The lowest BCUT2D eigenvalue weighted by molar-refractivity contribution is 0.701. The van der Waals surface area contributed by atoms with Crippen LogP contribution in [0.1, 0.15) is 20.8 Å². The van der Waals surface area contributed by atoms with Crippen LogP contribution < -0.4 is 5.73 Å². The zero-order chi connectivity index (χ0) is 7.49. The van der Waals surface area contributed by atoms with Crippen molar-refractivity contribution >= 4 is 27.3 Å². The number of thioether (sulfide) groups is 1. The lowest BCUT2D eigenvalue weighted by atomic mass is 10.3. The molecule has 0 heterocycles. The maximum Gasteiger partial charge on any atom is 0.141 e. The Balaban J connectivity index is 3.89. The molecule has 0 radical (unpaired) electrons. The molecule has 0 saturated carbocycles. The summed E-state index contributed by atoms with van der Waals surface area (Å²) in [5.74, 6) is 0. The highest BCUT2D eigenvalue weighted by molar-refractivity contribution is 8.21. The Morgan fingerprint density at radius 2 is 1.89 bits per heavy atom. The van der Waals surface area contributed by atoms with Crippen LogP contribution in [0.5, 0.6) is 0 Å². The van der Waals surface area contributed by atoms with Crippen molar-refractivity contribution in [2.45, 2.75) is 25.5 Å². The van der Waals surface area contributed by atoms with Gasteiger partial charge >= 0.3 is 0 Å². The Morgan fingerprint density at radius 1 is 1.44 bits per heavy atom. The molecule has 0 amide bonds. The molecule has 0 rings (SSSR count). The van der Waals surface area contributed by atoms with Crippen LogP contribution in [-0.2, 0) is 11.3 Å². The summed E-state index contributed by atoms with van der Waals surface area (Å²) < 4.78 is 10.5. The minimum Gasteiger partial charge on any atom is -0.286 e. The lowest BCUT2D eigenvalue weighted by Gasteiger charge is -2.14. The van der Waals surface area contributed by atoms with Gasteiger partial charge in [-0.15, -0.1) is 0 Å². The fourth-order valence-corrected chi connectivity index (χ4v) is 1.81. The summed E-state index contributed by atoms with van der Waals surface area (Å²) in [6.07, 6.45) is 0. The fraction of sp³-hybridized carbons (Fsp3) is 0.800. The van der Waals surface area contributed by atoms with Crippen LogP contribution in [0.15, 0.2) is 0 Å². The third-order valence-electron chi connectivity index (χ3n) is 0.489. The van der Waals surface area contributed by atoms with Crippen LogP contribution >= 0.6 is 11.8 Å². The van der Waals surface area contributed by atoms with E-state index in [0.29, 0.717) is 15.6 Å². The maximum absolute atomic E-state index is 10.0. The molecule has 0 atom stereocenters. The van der Waals surface area contributed by atoms with Gasteiger partial charge in [0, 0.05) is 4.75 Å². The summed E-state index contributed by atoms with van der Waals surface area (Å²) in [4.78, 5) is 0. The molecule has 0 fully saturated rings. The van der Waals surface area contributed by atoms with E-state index >= 15 is 0 Å². The third kappa shape index (κ3) is 6.08. The Labute approximate surface area is 63.3 Å². The van der Waals surface area contributed by atoms with Gasteiger partial charge in [0.2, 0.25) is 0 Å². The molecule has 0 aliphatic rings. The van der Waals surface area contributed by atoms with Crippen LogP contribution in [-0.4, -0.2) is 13.3 Å². The van der Waals surface area contributed by atoms with Crippen molar-refractivity contribution in [2.24, 2.45) is 5.73 Å². The summed E-state index contributed by atoms with van der Waals surface area (Å²) in [7, 11) is 0. The van der Waals surface area contributed by atoms with E-state index in [-0.39, 0.29) is 4.75 Å². The molecule has 54 valence electrons. The maximum atomic E-state index is 10.0. The van der Waals surface area contributed by atoms with Crippen LogP contribution in [0, 0.1) is 0 Å².